The molecule has 0 saturated heterocycles. The Morgan fingerprint density at radius 3 is 2.58 bits per heavy atom. The Morgan fingerprint density at radius 1 is 1.33 bits per heavy atom. The normalized spacial score (nSPS) is 10.3. The molecular formula is C8H10F2N2. The molecule has 0 unspecified atom stereocenters. The predicted molar refractivity (Wildman–Crippen MR) is 42.1 cm³/mol. The molecule has 2 nitrogen and oxygen atoms in total. The maximum Gasteiger partial charge on any atom is 0.130 e. The first-order valence-electron chi connectivity index (χ1n) is 3.53. The van der Waals surface area contributed by atoms with Crippen LogP contribution in [0.15, 0.2) is 12.1 Å². The maximum absolute atomic E-state index is 12.9. The molecule has 1 aromatic rings. The minimum atomic E-state index is -0.573. The third-order valence-corrected chi connectivity index (χ3v) is 1.62. The van der Waals surface area contributed by atoms with Crippen LogP contribution in [0.25, 0.3) is 0 Å². The summed E-state index contributed by atoms with van der Waals surface area (Å²) >= 11 is 0. The van der Waals surface area contributed by atoms with Gasteiger partial charge in [-0.2, -0.15) is 0 Å². The van der Waals surface area contributed by atoms with E-state index in [1.165, 1.54) is 6.07 Å². The summed E-state index contributed by atoms with van der Waals surface area (Å²) in [6.07, 6.45) is 0. The minimum Gasteiger partial charge on any atom is -0.271 e. The van der Waals surface area contributed by atoms with Crippen molar-refractivity contribution in [3.8, 4) is 0 Å². The Hall–Kier alpha value is -1.00. The standard InChI is InChI=1S/C8H10F2N2/c1-5-2-6(4-12-11)8(10)3-7(5)9/h2-3,12H,4,11H2,1H3. The second kappa shape index (κ2) is 3.60. The van der Waals surface area contributed by atoms with Gasteiger partial charge < -0.3 is 0 Å². The lowest BCUT2D eigenvalue weighted by Gasteiger charge is -2.03. The van der Waals surface area contributed by atoms with Crippen molar-refractivity contribution >= 4 is 0 Å². The van der Waals surface area contributed by atoms with Crippen LogP contribution >= 0.6 is 0 Å². The molecule has 1 aromatic carbocycles. The number of hydrazine groups is 1. The molecule has 4 heteroatoms. The maximum atomic E-state index is 12.9. The summed E-state index contributed by atoms with van der Waals surface area (Å²) < 4.78 is 25.6. The number of nitrogens with two attached hydrogens (primary N) is 1. The van der Waals surface area contributed by atoms with Crippen LogP contribution in [0.2, 0.25) is 0 Å². The van der Waals surface area contributed by atoms with Crippen molar-refractivity contribution in [2.45, 2.75) is 13.5 Å². The molecule has 0 aliphatic heterocycles. The Kier molecular flexibility index (Phi) is 2.73. The van der Waals surface area contributed by atoms with E-state index in [0.717, 1.165) is 6.07 Å². The van der Waals surface area contributed by atoms with E-state index in [2.05, 4.69) is 5.43 Å². The molecule has 0 fully saturated rings. The molecule has 12 heavy (non-hydrogen) atoms. The number of aryl methyl sites for hydroxylation is 1. The lowest BCUT2D eigenvalue weighted by molar-refractivity contribution is 0.558. The third-order valence-electron chi connectivity index (χ3n) is 1.62. The minimum absolute atomic E-state index is 0.201. The lowest BCUT2D eigenvalue weighted by atomic mass is 10.1. The Labute approximate surface area is 69.4 Å². The number of benzene rings is 1. The van der Waals surface area contributed by atoms with E-state index in [4.69, 9.17) is 5.84 Å². The molecule has 0 aliphatic carbocycles. The van der Waals surface area contributed by atoms with Gasteiger partial charge in [0.05, 0.1) is 0 Å². The molecule has 0 bridgehead atoms. The monoisotopic (exact) mass is 172 g/mol. The van der Waals surface area contributed by atoms with E-state index in [-0.39, 0.29) is 6.54 Å². The van der Waals surface area contributed by atoms with Gasteiger partial charge in [-0.15, -0.1) is 0 Å². The fraction of sp³-hybridized carbons (Fsp3) is 0.250. The van der Waals surface area contributed by atoms with Gasteiger partial charge in [-0.05, 0) is 18.6 Å². The molecule has 0 heterocycles. The van der Waals surface area contributed by atoms with Crippen molar-refractivity contribution in [2.24, 2.45) is 5.84 Å². The van der Waals surface area contributed by atoms with E-state index in [1.54, 1.807) is 6.92 Å². The van der Waals surface area contributed by atoms with Crippen molar-refractivity contribution in [2.75, 3.05) is 0 Å². The molecule has 0 radical (unpaired) electrons. The van der Waals surface area contributed by atoms with Crippen LogP contribution in [-0.2, 0) is 6.54 Å². The summed E-state index contributed by atoms with van der Waals surface area (Å²) in [6.45, 7) is 1.78. The van der Waals surface area contributed by atoms with Gasteiger partial charge in [-0.1, -0.05) is 0 Å². The van der Waals surface area contributed by atoms with Gasteiger partial charge in [-0.25, -0.2) is 8.78 Å². The first kappa shape index (κ1) is 9.09. The zero-order valence-electron chi connectivity index (χ0n) is 6.70. The third kappa shape index (κ3) is 1.78. The Morgan fingerprint density at radius 2 is 2.00 bits per heavy atom. The second-order valence-electron chi connectivity index (χ2n) is 2.57. The zero-order chi connectivity index (χ0) is 9.14. The number of rotatable bonds is 2. The molecular weight excluding hydrogens is 162 g/mol. The molecule has 66 valence electrons. The number of halogens is 2. The SMILES string of the molecule is Cc1cc(CNN)c(F)cc1F. The van der Waals surface area contributed by atoms with Crippen LogP contribution in [0.3, 0.4) is 0 Å². The highest BCUT2D eigenvalue weighted by Crippen LogP contribution is 2.13. The van der Waals surface area contributed by atoms with Crippen LogP contribution in [0.4, 0.5) is 8.78 Å². The van der Waals surface area contributed by atoms with Crippen LogP contribution in [-0.4, -0.2) is 0 Å². The molecule has 0 atom stereocenters. The largest absolute Gasteiger partial charge is 0.271 e. The van der Waals surface area contributed by atoms with E-state index in [1.807, 2.05) is 0 Å². The highest BCUT2D eigenvalue weighted by Gasteiger charge is 2.05. The Balaban J connectivity index is 3.05. The van der Waals surface area contributed by atoms with Crippen molar-refractivity contribution in [3.63, 3.8) is 0 Å². The average molecular weight is 172 g/mol. The van der Waals surface area contributed by atoms with Gasteiger partial charge in [0.25, 0.3) is 0 Å². The van der Waals surface area contributed by atoms with Gasteiger partial charge >= 0.3 is 0 Å². The smallest absolute Gasteiger partial charge is 0.130 e. The first-order valence-corrected chi connectivity index (χ1v) is 3.53. The summed E-state index contributed by atoms with van der Waals surface area (Å²) in [5.41, 5.74) is 3.10. The molecule has 0 aromatic heterocycles. The van der Waals surface area contributed by atoms with Gasteiger partial charge in [0.2, 0.25) is 0 Å². The van der Waals surface area contributed by atoms with Crippen molar-refractivity contribution in [3.05, 3.63) is 34.9 Å². The van der Waals surface area contributed by atoms with Gasteiger partial charge in [0.15, 0.2) is 0 Å². The van der Waals surface area contributed by atoms with Crippen LogP contribution in [0, 0.1) is 18.6 Å². The fourth-order valence-electron chi connectivity index (χ4n) is 0.962. The van der Waals surface area contributed by atoms with Crippen molar-refractivity contribution in [1.29, 1.82) is 0 Å². The summed E-state index contributed by atoms with van der Waals surface area (Å²) in [7, 11) is 0. The van der Waals surface area contributed by atoms with Crippen LogP contribution < -0.4 is 11.3 Å². The van der Waals surface area contributed by atoms with E-state index >= 15 is 0 Å². The predicted octanol–water partition coefficient (Wildman–Crippen LogP) is 1.24. The van der Waals surface area contributed by atoms with Crippen LogP contribution in [0.5, 0.6) is 0 Å². The first-order chi connectivity index (χ1) is 5.65. The van der Waals surface area contributed by atoms with Gasteiger partial charge in [-0.3, -0.25) is 11.3 Å². The second-order valence-corrected chi connectivity index (χ2v) is 2.57. The van der Waals surface area contributed by atoms with E-state index in [0.29, 0.717) is 11.1 Å². The van der Waals surface area contributed by atoms with Gasteiger partial charge in [0.1, 0.15) is 11.6 Å². The topological polar surface area (TPSA) is 38.0 Å². The molecule has 0 amide bonds. The molecule has 0 aliphatic rings. The quantitative estimate of drug-likeness (QED) is 0.520. The number of hydrogen-bond acceptors (Lipinski definition) is 2. The number of hydrogen-bond donors (Lipinski definition) is 2. The molecule has 0 spiro atoms. The lowest BCUT2D eigenvalue weighted by Crippen LogP contribution is -2.21. The summed E-state index contributed by atoms with van der Waals surface area (Å²) in [5, 5.41) is 0. The zero-order valence-corrected chi connectivity index (χ0v) is 6.70. The average Bonchev–Trinajstić information content (AvgIpc) is 2.01. The van der Waals surface area contributed by atoms with Crippen molar-refractivity contribution in [1.82, 2.24) is 5.43 Å². The highest BCUT2D eigenvalue weighted by atomic mass is 19.1. The molecule has 3 N–H and O–H groups in total. The Bertz CT molecular complexity index is 287. The van der Waals surface area contributed by atoms with Gasteiger partial charge in [0, 0.05) is 18.2 Å². The molecule has 0 saturated carbocycles. The fourth-order valence-corrected chi connectivity index (χ4v) is 0.962. The van der Waals surface area contributed by atoms with E-state index < -0.39 is 11.6 Å². The van der Waals surface area contributed by atoms with Crippen molar-refractivity contribution < 1.29 is 8.78 Å². The summed E-state index contributed by atoms with van der Waals surface area (Å²) in [5.74, 6) is 3.90. The summed E-state index contributed by atoms with van der Waals surface area (Å²) in [4.78, 5) is 0. The number of nitrogens with one attached hydrogen (secondary N) is 1. The molecule has 1 rings (SSSR count). The highest BCUT2D eigenvalue weighted by molar-refractivity contribution is 5.25. The van der Waals surface area contributed by atoms with E-state index in [9.17, 15) is 8.78 Å². The summed E-state index contributed by atoms with van der Waals surface area (Å²) in [6, 6.07) is 2.30. The van der Waals surface area contributed by atoms with Crippen LogP contribution in [0.1, 0.15) is 11.1 Å².